The Morgan fingerprint density at radius 2 is 2.37 bits per heavy atom. The first kappa shape index (κ1) is 12.6. The summed E-state index contributed by atoms with van der Waals surface area (Å²) in [6.07, 6.45) is 1.61. The van der Waals surface area contributed by atoms with Crippen LogP contribution < -0.4 is 11.1 Å². The maximum atomic E-state index is 11.9. The molecule has 0 aliphatic rings. The summed E-state index contributed by atoms with van der Waals surface area (Å²) in [5.41, 5.74) is 7.43. The fourth-order valence-corrected chi connectivity index (χ4v) is 1.64. The molecule has 19 heavy (non-hydrogen) atoms. The summed E-state index contributed by atoms with van der Waals surface area (Å²) in [7, 11) is 1.73. The van der Waals surface area contributed by atoms with Gasteiger partial charge in [0, 0.05) is 24.7 Å². The van der Waals surface area contributed by atoms with Gasteiger partial charge in [0.15, 0.2) is 0 Å². The molecule has 1 aromatic carbocycles. The number of benzene rings is 1. The van der Waals surface area contributed by atoms with E-state index < -0.39 is 0 Å². The van der Waals surface area contributed by atoms with E-state index in [2.05, 4.69) is 10.4 Å². The lowest BCUT2D eigenvalue weighted by Crippen LogP contribution is -2.23. The predicted octanol–water partition coefficient (Wildman–Crippen LogP) is 0.804. The first-order valence-electron chi connectivity index (χ1n) is 5.66. The molecule has 0 fully saturated rings. The number of anilines is 1. The molecule has 0 saturated heterocycles. The van der Waals surface area contributed by atoms with Crippen molar-refractivity contribution in [1.29, 1.82) is 5.26 Å². The van der Waals surface area contributed by atoms with Crippen LogP contribution >= 0.6 is 0 Å². The van der Waals surface area contributed by atoms with Crippen LogP contribution in [0.25, 0.3) is 0 Å². The number of nitrogens with one attached hydrogen (secondary N) is 1. The van der Waals surface area contributed by atoms with E-state index in [-0.39, 0.29) is 5.91 Å². The Labute approximate surface area is 110 Å². The van der Waals surface area contributed by atoms with Crippen LogP contribution in [0.5, 0.6) is 0 Å². The second kappa shape index (κ2) is 5.23. The van der Waals surface area contributed by atoms with E-state index in [1.54, 1.807) is 37.5 Å². The zero-order valence-electron chi connectivity index (χ0n) is 10.4. The zero-order valence-corrected chi connectivity index (χ0v) is 10.4. The number of rotatable bonds is 3. The van der Waals surface area contributed by atoms with Crippen molar-refractivity contribution in [3.05, 3.63) is 47.2 Å². The molecule has 2 aromatic rings. The van der Waals surface area contributed by atoms with Crippen molar-refractivity contribution in [3.63, 3.8) is 0 Å². The molecule has 3 N–H and O–H groups in total. The van der Waals surface area contributed by atoms with E-state index in [0.29, 0.717) is 23.5 Å². The number of hydrogen-bond acceptors (Lipinski definition) is 4. The summed E-state index contributed by atoms with van der Waals surface area (Å²) in [5.74, 6) is 0.270. The van der Waals surface area contributed by atoms with Gasteiger partial charge in [-0.2, -0.15) is 10.4 Å². The van der Waals surface area contributed by atoms with Crippen molar-refractivity contribution in [2.45, 2.75) is 6.54 Å². The van der Waals surface area contributed by atoms with Crippen molar-refractivity contribution in [1.82, 2.24) is 15.1 Å². The molecule has 6 heteroatoms. The molecule has 0 aliphatic heterocycles. The van der Waals surface area contributed by atoms with Gasteiger partial charge in [0.2, 0.25) is 0 Å². The number of hydrogen-bond donors (Lipinski definition) is 2. The Hall–Kier alpha value is -2.81. The molecule has 2 rings (SSSR count). The number of amides is 1. The molecule has 6 nitrogen and oxygen atoms in total. The van der Waals surface area contributed by atoms with Gasteiger partial charge in [0.05, 0.1) is 17.8 Å². The topological polar surface area (TPSA) is 96.7 Å². The third-order valence-corrected chi connectivity index (χ3v) is 2.76. The Bertz CT molecular complexity index is 653. The van der Waals surface area contributed by atoms with Gasteiger partial charge in [-0.15, -0.1) is 0 Å². The van der Waals surface area contributed by atoms with E-state index in [1.807, 2.05) is 6.07 Å². The molecule has 1 heterocycles. The van der Waals surface area contributed by atoms with Gasteiger partial charge in [0.25, 0.3) is 5.91 Å². The Morgan fingerprint density at radius 3 is 3.00 bits per heavy atom. The molecule has 1 aromatic heterocycles. The average molecular weight is 255 g/mol. The van der Waals surface area contributed by atoms with E-state index in [9.17, 15) is 4.79 Å². The van der Waals surface area contributed by atoms with Crippen LogP contribution in [0.3, 0.4) is 0 Å². The van der Waals surface area contributed by atoms with Crippen LogP contribution in [-0.2, 0) is 13.6 Å². The first-order chi connectivity index (χ1) is 9.11. The number of nitriles is 1. The van der Waals surface area contributed by atoms with Crippen molar-refractivity contribution in [3.8, 4) is 6.07 Å². The van der Waals surface area contributed by atoms with Gasteiger partial charge >= 0.3 is 0 Å². The van der Waals surface area contributed by atoms with Crippen LogP contribution in [-0.4, -0.2) is 15.7 Å². The number of carbonyl (C=O) groups excluding carboxylic acids is 1. The predicted molar refractivity (Wildman–Crippen MR) is 69.9 cm³/mol. The summed E-state index contributed by atoms with van der Waals surface area (Å²) in [4.78, 5) is 11.9. The fraction of sp³-hybridized carbons (Fsp3) is 0.154. The highest BCUT2D eigenvalue weighted by Gasteiger charge is 2.09. The summed E-state index contributed by atoms with van der Waals surface area (Å²) < 4.78 is 1.54. The van der Waals surface area contributed by atoms with Crippen molar-refractivity contribution in [2.24, 2.45) is 7.05 Å². The second-order valence-corrected chi connectivity index (χ2v) is 4.05. The minimum Gasteiger partial charge on any atom is -0.384 e. The van der Waals surface area contributed by atoms with Gasteiger partial charge in [-0.3, -0.25) is 9.48 Å². The first-order valence-corrected chi connectivity index (χ1v) is 5.66. The summed E-state index contributed by atoms with van der Waals surface area (Å²) in [6.45, 7) is 0.301. The van der Waals surface area contributed by atoms with Gasteiger partial charge in [-0.05, 0) is 18.2 Å². The molecular weight excluding hydrogens is 242 g/mol. The lowest BCUT2D eigenvalue weighted by molar-refractivity contribution is 0.0951. The summed E-state index contributed by atoms with van der Waals surface area (Å²) in [6, 6.07) is 8.52. The minimum atomic E-state index is -0.250. The van der Waals surface area contributed by atoms with Crippen molar-refractivity contribution < 1.29 is 4.79 Å². The standard InChI is InChI=1S/C13H13N5O/c1-18-12(15)11(8-17-18)7-16-13(19)10-4-2-3-9(5-10)6-14/h2-5,8H,7,15H2,1H3,(H,16,19). The van der Waals surface area contributed by atoms with Crippen molar-refractivity contribution in [2.75, 3.05) is 5.73 Å². The number of nitrogens with two attached hydrogens (primary N) is 1. The van der Waals surface area contributed by atoms with Gasteiger partial charge in [-0.25, -0.2) is 0 Å². The number of nitrogen functional groups attached to an aromatic ring is 1. The molecule has 0 saturated carbocycles. The molecule has 0 atom stereocenters. The smallest absolute Gasteiger partial charge is 0.251 e. The van der Waals surface area contributed by atoms with Crippen LogP contribution in [0, 0.1) is 11.3 Å². The normalized spacial score (nSPS) is 9.89. The van der Waals surface area contributed by atoms with Crippen molar-refractivity contribution >= 4 is 11.7 Å². The summed E-state index contributed by atoms with van der Waals surface area (Å²) >= 11 is 0. The molecule has 1 amide bonds. The molecule has 96 valence electrons. The van der Waals surface area contributed by atoms with E-state index in [0.717, 1.165) is 5.56 Å². The largest absolute Gasteiger partial charge is 0.384 e. The van der Waals surface area contributed by atoms with Crippen LogP contribution in [0.4, 0.5) is 5.82 Å². The summed E-state index contributed by atoms with van der Waals surface area (Å²) in [5, 5.41) is 15.5. The Morgan fingerprint density at radius 1 is 1.58 bits per heavy atom. The Balaban J connectivity index is 2.05. The van der Waals surface area contributed by atoms with Gasteiger partial charge in [-0.1, -0.05) is 6.07 Å². The van der Waals surface area contributed by atoms with E-state index >= 15 is 0 Å². The highest BCUT2D eigenvalue weighted by atomic mass is 16.1. The minimum absolute atomic E-state index is 0.250. The number of aromatic nitrogens is 2. The van der Waals surface area contributed by atoms with Gasteiger partial charge < -0.3 is 11.1 Å². The molecular formula is C13H13N5O. The average Bonchev–Trinajstić information content (AvgIpc) is 2.76. The molecule has 0 radical (unpaired) electrons. The Kier molecular flexibility index (Phi) is 3.48. The zero-order chi connectivity index (χ0) is 13.8. The molecule has 0 bridgehead atoms. The molecule has 0 unspecified atom stereocenters. The fourth-order valence-electron chi connectivity index (χ4n) is 1.64. The van der Waals surface area contributed by atoms with E-state index in [4.69, 9.17) is 11.0 Å². The molecule has 0 spiro atoms. The van der Waals surface area contributed by atoms with Crippen LogP contribution in [0.15, 0.2) is 30.5 Å². The van der Waals surface area contributed by atoms with E-state index in [1.165, 1.54) is 4.68 Å². The highest BCUT2D eigenvalue weighted by Crippen LogP contribution is 2.09. The third kappa shape index (κ3) is 2.72. The number of nitrogens with zero attached hydrogens (tertiary/aromatic N) is 3. The number of carbonyl (C=O) groups is 1. The lowest BCUT2D eigenvalue weighted by atomic mass is 10.1. The monoisotopic (exact) mass is 255 g/mol. The van der Waals surface area contributed by atoms with Crippen LogP contribution in [0.1, 0.15) is 21.5 Å². The quantitative estimate of drug-likeness (QED) is 0.847. The third-order valence-electron chi connectivity index (χ3n) is 2.76. The second-order valence-electron chi connectivity index (χ2n) is 4.05. The van der Waals surface area contributed by atoms with Gasteiger partial charge in [0.1, 0.15) is 5.82 Å². The molecule has 0 aliphatic carbocycles. The maximum Gasteiger partial charge on any atom is 0.251 e. The van der Waals surface area contributed by atoms with Crippen LogP contribution in [0.2, 0.25) is 0 Å². The lowest BCUT2D eigenvalue weighted by Gasteiger charge is -2.05. The maximum absolute atomic E-state index is 11.9. The SMILES string of the molecule is Cn1ncc(CNC(=O)c2cccc(C#N)c2)c1N. The number of aryl methyl sites for hydroxylation is 1. The highest BCUT2D eigenvalue weighted by molar-refractivity contribution is 5.94.